The number of nitrogens with zero attached hydrogens (tertiary/aromatic N) is 4. The summed E-state index contributed by atoms with van der Waals surface area (Å²) in [6, 6.07) is 42.0. The van der Waals surface area contributed by atoms with Crippen LogP contribution in [0.4, 0.5) is 0 Å². The molecule has 11 aromatic rings. The monoisotopic (exact) mass is 691 g/mol. The molecule has 4 nitrogen and oxygen atoms in total. The Labute approximate surface area is 307 Å². The average Bonchev–Trinajstić information content (AvgIpc) is 3.90. The van der Waals surface area contributed by atoms with Crippen LogP contribution in [0.2, 0.25) is 0 Å². The van der Waals surface area contributed by atoms with E-state index < -0.39 is 18.1 Å². The van der Waals surface area contributed by atoms with Crippen LogP contribution < -0.4 is 0 Å². The number of aromatic nitrogens is 4. The first-order valence-corrected chi connectivity index (χ1v) is 18.2. The highest BCUT2D eigenvalue weighted by atomic mass is 32.1. The van der Waals surface area contributed by atoms with Gasteiger partial charge in [0.1, 0.15) is 0 Å². The summed E-state index contributed by atoms with van der Waals surface area (Å²) in [6.07, 6.45) is 0. The molecule has 4 heterocycles. The highest BCUT2D eigenvalue weighted by Gasteiger charge is 2.17. The molecule has 0 N–H and O–H groups in total. The summed E-state index contributed by atoms with van der Waals surface area (Å²) < 4.78 is 49.4. The number of para-hydroxylation sites is 2. The molecule has 4 aromatic heterocycles. The molecular formula is C45H26N4S2. The van der Waals surface area contributed by atoms with Gasteiger partial charge in [0.2, 0.25) is 0 Å². The molecule has 0 fully saturated rings. The van der Waals surface area contributed by atoms with Crippen LogP contribution in [0.3, 0.4) is 0 Å². The Bertz CT molecular complexity index is 3380. The van der Waals surface area contributed by atoms with Gasteiger partial charge in [0.05, 0.1) is 17.9 Å². The molecule has 7 aromatic carbocycles. The minimum Gasteiger partial charge on any atom is -0.309 e. The van der Waals surface area contributed by atoms with Gasteiger partial charge in [-0.15, -0.1) is 22.7 Å². The fourth-order valence-electron chi connectivity index (χ4n) is 7.22. The van der Waals surface area contributed by atoms with Crippen LogP contribution in [0, 0.1) is 0 Å². The topological polar surface area (TPSA) is 43.6 Å². The SMILES string of the molecule is [2H]c1c([2H])c([2H])c(-c2nc(-c3ccc4sc5ccccc5c4c3)nc(-c3ccc4sc5cc(-n6c7ccccc7c7ccccc76)ccc5c4c3)n2)c([2H])c1[2H]. The third-order valence-electron chi connectivity index (χ3n) is 9.55. The molecular weight excluding hydrogens is 661 g/mol. The van der Waals surface area contributed by atoms with E-state index in [1.54, 1.807) is 22.7 Å². The molecule has 0 saturated heterocycles. The lowest BCUT2D eigenvalue weighted by Crippen LogP contribution is -2.00. The molecule has 0 aliphatic heterocycles. The smallest absolute Gasteiger partial charge is 0.164 e. The van der Waals surface area contributed by atoms with Gasteiger partial charge in [-0.3, -0.25) is 0 Å². The zero-order chi connectivity index (χ0) is 37.8. The minimum absolute atomic E-state index is 0.0170. The van der Waals surface area contributed by atoms with Crippen LogP contribution in [-0.2, 0) is 0 Å². The lowest BCUT2D eigenvalue weighted by atomic mass is 10.1. The molecule has 6 heteroatoms. The average molecular weight is 692 g/mol. The Morgan fingerprint density at radius 1 is 0.412 bits per heavy atom. The van der Waals surface area contributed by atoms with Crippen molar-refractivity contribution in [2.75, 3.05) is 0 Å². The van der Waals surface area contributed by atoms with E-state index in [1.165, 1.54) is 15.5 Å². The number of hydrogen-bond donors (Lipinski definition) is 0. The van der Waals surface area contributed by atoms with Gasteiger partial charge in [0, 0.05) is 73.5 Å². The standard InChI is InChI=1S/C45H26N4S2/c1-2-10-27(11-3-1)43-46-44(28-18-22-40-35(24-28)33-14-6-9-17-39(33)50-40)48-45(47-43)29-19-23-41-36(25-29)34-21-20-30(26-42(34)51-41)49-37-15-7-4-12-31(37)32-13-5-8-16-38(32)49/h1-26H/i1D,2D,3D,10D,11D. The molecule has 238 valence electrons. The Hall–Kier alpha value is -6.21. The second-order valence-electron chi connectivity index (χ2n) is 12.5. The van der Waals surface area contributed by atoms with Crippen molar-refractivity contribution >= 4 is 84.8 Å². The summed E-state index contributed by atoms with van der Waals surface area (Å²) in [6.45, 7) is 0. The van der Waals surface area contributed by atoms with E-state index in [0.29, 0.717) is 11.6 Å². The van der Waals surface area contributed by atoms with Crippen LogP contribution in [0.15, 0.2) is 158 Å². The Kier molecular flexibility index (Phi) is 5.25. The van der Waals surface area contributed by atoms with E-state index in [9.17, 15) is 0 Å². The highest BCUT2D eigenvalue weighted by molar-refractivity contribution is 7.26. The Balaban J connectivity index is 1.10. The molecule has 0 amide bonds. The van der Waals surface area contributed by atoms with E-state index in [2.05, 4.69) is 108 Å². The van der Waals surface area contributed by atoms with E-state index in [0.717, 1.165) is 63.5 Å². The van der Waals surface area contributed by atoms with Crippen molar-refractivity contribution in [1.29, 1.82) is 0 Å². The van der Waals surface area contributed by atoms with Crippen molar-refractivity contribution in [1.82, 2.24) is 19.5 Å². The zero-order valence-electron chi connectivity index (χ0n) is 31.7. The third kappa shape index (κ3) is 4.54. The molecule has 11 rings (SSSR count). The van der Waals surface area contributed by atoms with Gasteiger partial charge in [-0.05, 0) is 66.7 Å². The molecule has 0 aliphatic carbocycles. The summed E-state index contributed by atoms with van der Waals surface area (Å²) in [5.74, 6) is 0.707. The first-order chi connectivity index (χ1) is 27.3. The highest BCUT2D eigenvalue weighted by Crippen LogP contribution is 2.40. The second-order valence-corrected chi connectivity index (χ2v) is 14.6. The zero-order valence-corrected chi connectivity index (χ0v) is 28.4. The lowest BCUT2D eigenvalue weighted by Gasteiger charge is -2.09. The number of benzene rings is 7. The van der Waals surface area contributed by atoms with Crippen molar-refractivity contribution in [2.24, 2.45) is 0 Å². The molecule has 51 heavy (non-hydrogen) atoms. The predicted octanol–water partition coefficient (Wildman–Crippen LogP) is 12.7. The molecule has 0 unspecified atom stereocenters. The van der Waals surface area contributed by atoms with Gasteiger partial charge in [-0.2, -0.15) is 0 Å². The van der Waals surface area contributed by atoms with Gasteiger partial charge < -0.3 is 4.57 Å². The Morgan fingerprint density at radius 2 is 0.922 bits per heavy atom. The lowest BCUT2D eigenvalue weighted by molar-refractivity contribution is 1.08. The summed E-state index contributed by atoms with van der Waals surface area (Å²) in [5.41, 5.74) is 4.79. The largest absolute Gasteiger partial charge is 0.309 e. The van der Waals surface area contributed by atoms with E-state index >= 15 is 0 Å². The first kappa shape index (κ1) is 24.0. The fourth-order valence-corrected chi connectivity index (χ4v) is 9.42. The summed E-state index contributed by atoms with van der Waals surface area (Å²) in [4.78, 5) is 14.6. The number of hydrogen-bond acceptors (Lipinski definition) is 5. The van der Waals surface area contributed by atoms with E-state index in [-0.39, 0.29) is 23.5 Å². The van der Waals surface area contributed by atoms with Crippen molar-refractivity contribution in [2.45, 2.75) is 0 Å². The predicted molar refractivity (Wildman–Crippen MR) is 216 cm³/mol. The molecule has 0 atom stereocenters. The maximum Gasteiger partial charge on any atom is 0.164 e. The van der Waals surface area contributed by atoms with Gasteiger partial charge in [0.15, 0.2) is 17.5 Å². The number of rotatable bonds is 4. The molecule has 0 radical (unpaired) electrons. The van der Waals surface area contributed by atoms with Crippen LogP contribution in [0.1, 0.15) is 6.85 Å². The van der Waals surface area contributed by atoms with Crippen molar-refractivity contribution in [3.63, 3.8) is 0 Å². The fraction of sp³-hybridized carbons (Fsp3) is 0. The van der Waals surface area contributed by atoms with Crippen molar-refractivity contribution < 1.29 is 6.85 Å². The molecule has 0 bridgehead atoms. The summed E-state index contributed by atoms with van der Waals surface area (Å²) >= 11 is 3.44. The molecule has 0 saturated carbocycles. The van der Waals surface area contributed by atoms with Crippen LogP contribution in [0.25, 0.3) is 102 Å². The Morgan fingerprint density at radius 3 is 1.57 bits per heavy atom. The van der Waals surface area contributed by atoms with Gasteiger partial charge in [-0.1, -0.05) is 90.9 Å². The van der Waals surface area contributed by atoms with Crippen molar-refractivity contribution in [3.8, 4) is 39.9 Å². The summed E-state index contributed by atoms with van der Waals surface area (Å²) in [5, 5.41) is 6.78. The van der Waals surface area contributed by atoms with Crippen LogP contribution in [0.5, 0.6) is 0 Å². The van der Waals surface area contributed by atoms with Gasteiger partial charge >= 0.3 is 0 Å². The first-order valence-electron chi connectivity index (χ1n) is 19.0. The second kappa shape index (κ2) is 11.2. The molecule has 0 aliphatic rings. The van der Waals surface area contributed by atoms with Crippen molar-refractivity contribution in [3.05, 3.63) is 158 Å². The number of thiophene rings is 2. The quantitative estimate of drug-likeness (QED) is 0.184. The maximum absolute atomic E-state index is 8.76. The maximum atomic E-state index is 8.76. The van der Waals surface area contributed by atoms with Crippen LogP contribution >= 0.6 is 22.7 Å². The number of fused-ring (bicyclic) bond motifs is 9. The summed E-state index contributed by atoms with van der Waals surface area (Å²) in [7, 11) is 0. The normalized spacial score (nSPS) is 13.3. The van der Waals surface area contributed by atoms with Gasteiger partial charge in [-0.25, -0.2) is 15.0 Å². The van der Waals surface area contributed by atoms with Crippen LogP contribution in [-0.4, -0.2) is 19.5 Å². The van der Waals surface area contributed by atoms with E-state index in [1.807, 2.05) is 24.3 Å². The minimum atomic E-state index is -0.468. The molecule has 0 spiro atoms. The van der Waals surface area contributed by atoms with Gasteiger partial charge in [0.25, 0.3) is 0 Å². The third-order valence-corrected chi connectivity index (χ3v) is 11.8. The van der Waals surface area contributed by atoms with E-state index in [4.69, 9.17) is 21.8 Å².